The SMILES string of the molecule is CCCC1(c2nc3cc(Br)ccc3s2)CCCN1. The van der Waals surface area contributed by atoms with Crippen molar-refractivity contribution in [3.05, 3.63) is 27.7 Å². The summed E-state index contributed by atoms with van der Waals surface area (Å²) in [4.78, 5) is 4.87. The van der Waals surface area contributed by atoms with Crippen LogP contribution >= 0.6 is 27.3 Å². The lowest BCUT2D eigenvalue weighted by molar-refractivity contribution is 0.355. The average Bonchev–Trinajstić information content (AvgIpc) is 2.95. The zero-order chi connectivity index (χ0) is 12.6. The van der Waals surface area contributed by atoms with E-state index in [0.29, 0.717) is 0 Å². The first-order chi connectivity index (χ1) is 8.73. The lowest BCUT2D eigenvalue weighted by atomic mass is 9.93. The predicted octanol–water partition coefficient (Wildman–Crippen LogP) is 4.44. The molecule has 96 valence electrons. The molecule has 1 unspecified atom stereocenters. The summed E-state index contributed by atoms with van der Waals surface area (Å²) < 4.78 is 2.40. The van der Waals surface area contributed by atoms with Gasteiger partial charge in [-0.3, -0.25) is 0 Å². The summed E-state index contributed by atoms with van der Waals surface area (Å²) in [6.45, 7) is 3.38. The lowest BCUT2D eigenvalue weighted by Gasteiger charge is -2.26. The van der Waals surface area contributed by atoms with Crippen molar-refractivity contribution in [1.29, 1.82) is 0 Å². The molecule has 0 spiro atoms. The highest BCUT2D eigenvalue weighted by molar-refractivity contribution is 9.10. The highest BCUT2D eigenvalue weighted by Gasteiger charge is 2.37. The molecule has 1 aromatic heterocycles. The first-order valence-electron chi connectivity index (χ1n) is 6.55. The second-order valence-electron chi connectivity index (χ2n) is 4.99. The summed E-state index contributed by atoms with van der Waals surface area (Å²) in [6.07, 6.45) is 4.88. The number of aromatic nitrogens is 1. The fraction of sp³-hybridized carbons (Fsp3) is 0.500. The topological polar surface area (TPSA) is 24.9 Å². The van der Waals surface area contributed by atoms with Crippen molar-refractivity contribution in [1.82, 2.24) is 10.3 Å². The van der Waals surface area contributed by atoms with Crippen molar-refractivity contribution in [3.63, 3.8) is 0 Å². The molecular formula is C14H17BrN2S. The van der Waals surface area contributed by atoms with Gasteiger partial charge in [-0.25, -0.2) is 4.98 Å². The van der Waals surface area contributed by atoms with E-state index in [2.05, 4.69) is 46.4 Å². The molecule has 0 amide bonds. The summed E-state index contributed by atoms with van der Waals surface area (Å²) in [5, 5.41) is 4.97. The van der Waals surface area contributed by atoms with Crippen LogP contribution in [-0.4, -0.2) is 11.5 Å². The van der Waals surface area contributed by atoms with Crippen LogP contribution < -0.4 is 5.32 Å². The zero-order valence-electron chi connectivity index (χ0n) is 10.5. The Morgan fingerprint density at radius 1 is 1.50 bits per heavy atom. The van der Waals surface area contributed by atoms with E-state index in [9.17, 15) is 0 Å². The largest absolute Gasteiger partial charge is 0.305 e. The Hall–Kier alpha value is -0.450. The molecule has 0 saturated carbocycles. The number of benzene rings is 1. The molecule has 1 aliphatic heterocycles. The van der Waals surface area contributed by atoms with Gasteiger partial charge in [-0.1, -0.05) is 29.3 Å². The van der Waals surface area contributed by atoms with Crippen LogP contribution in [0.2, 0.25) is 0 Å². The van der Waals surface area contributed by atoms with Crippen molar-refractivity contribution < 1.29 is 0 Å². The van der Waals surface area contributed by atoms with Crippen LogP contribution in [-0.2, 0) is 5.54 Å². The van der Waals surface area contributed by atoms with Gasteiger partial charge in [0.15, 0.2) is 0 Å². The van der Waals surface area contributed by atoms with Gasteiger partial charge in [0.1, 0.15) is 5.01 Å². The third-order valence-electron chi connectivity index (χ3n) is 3.68. The molecule has 3 rings (SSSR count). The fourth-order valence-corrected chi connectivity index (χ4v) is 4.36. The standard InChI is InChI=1S/C14H17BrN2S/c1-2-6-14(7-3-8-16-14)13-17-11-9-10(15)4-5-12(11)18-13/h4-5,9,16H,2-3,6-8H2,1H3. The molecule has 1 N–H and O–H groups in total. The molecule has 1 aliphatic rings. The van der Waals surface area contributed by atoms with Crippen molar-refractivity contribution in [2.24, 2.45) is 0 Å². The van der Waals surface area contributed by atoms with Crippen molar-refractivity contribution in [2.75, 3.05) is 6.54 Å². The van der Waals surface area contributed by atoms with Gasteiger partial charge in [0, 0.05) is 4.47 Å². The van der Waals surface area contributed by atoms with Crippen LogP contribution in [0.25, 0.3) is 10.2 Å². The van der Waals surface area contributed by atoms with Gasteiger partial charge in [-0.15, -0.1) is 11.3 Å². The molecule has 2 nitrogen and oxygen atoms in total. The number of fused-ring (bicyclic) bond motifs is 1. The number of rotatable bonds is 3. The number of nitrogens with zero attached hydrogens (tertiary/aromatic N) is 1. The summed E-state index contributed by atoms with van der Waals surface area (Å²) in [6, 6.07) is 6.37. The van der Waals surface area contributed by atoms with Crippen LogP contribution in [0, 0.1) is 0 Å². The minimum Gasteiger partial charge on any atom is -0.305 e. The number of nitrogens with one attached hydrogen (secondary N) is 1. The number of halogens is 1. The van der Waals surface area contributed by atoms with E-state index in [1.807, 2.05) is 11.3 Å². The quantitative estimate of drug-likeness (QED) is 0.902. The summed E-state index contributed by atoms with van der Waals surface area (Å²) in [7, 11) is 0. The maximum absolute atomic E-state index is 4.87. The maximum atomic E-state index is 4.87. The van der Waals surface area contributed by atoms with Gasteiger partial charge in [0.2, 0.25) is 0 Å². The summed E-state index contributed by atoms with van der Waals surface area (Å²) in [5.74, 6) is 0. The van der Waals surface area contributed by atoms with Gasteiger partial charge < -0.3 is 5.32 Å². The Labute approximate surface area is 120 Å². The van der Waals surface area contributed by atoms with E-state index in [1.54, 1.807) is 0 Å². The molecule has 0 bridgehead atoms. The highest BCUT2D eigenvalue weighted by Crippen LogP contribution is 2.39. The fourth-order valence-electron chi connectivity index (χ4n) is 2.84. The molecule has 4 heteroatoms. The number of hydrogen-bond acceptors (Lipinski definition) is 3. The van der Waals surface area contributed by atoms with E-state index in [-0.39, 0.29) is 5.54 Å². The van der Waals surface area contributed by atoms with Crippen LogP contribution in [0.4, 0.5) is 0 Å². The zero-order valence-corrected chi connectivity index (χ0v) is 12.9. The molecule has 18 heavy (non-hydrogen) atoms. The molecule has 2 heterocycles. The average molecular weight is 325 g/mol. The Morgan fingerprint density at radius 2 is 2.39 bits per heavy atom. The van der Waals surface area contributed by atoms with E-state index in [1.165, 1.54) is 35.4 Å². The predicted molar refractivity (Wildman–Crippen MR) is 81.1 cm³/mol. The van der Waals surface area contributed by atoms with E-state index in [4.69, 9.17) is 4.98 Å². The number of thiazole rings is 1. The Bertz CT molecular complexity index is 558. The molecular weight excluding hydrogens is 308 g/mol. The van der Waals surface area contributed by atoms with E-state index in [0.717, 1.165) is 16.5 Å². The second-order valence-corrected chi connectivity index (χ2v) is 6.94. The van der Waals surface area contributed by atoms with Crippen LogP contribution in [0.1, 0.15) is 37.6 Å². The molecule has 1 fully saturated rings. The lowest BCUT2D eigenvalue weighted by Crippen LogP contribution is -2.36. The van der Waals surface area contributed by atoms with E-state index >= 15 is 0 Å². The van der Waals surface area contributed by atoms with Crippen molar-refractivity contribution in [2.45, 2.75) is 38.1 Å². The molecule has 0 aliphatic carbocycles. The highest BCUT2D eigenvalue weighted by atomic mass is 79.9. The minimum absolute atomic E-state index is 0.144. The van der Waals surface area contributed by atoms with Gasteiger partial charge >= 0.3 is 0 Å². The third-order valence-corrected chi connectivity index (χ3v) is 5.41. The molecule has 1 saturated heterocycles. The molecule has 1 atom stereocenters. The maximum Gasteiger partial charge on any atom is 0.114 e. The normalized spacial score (nSPS) is 23.9. The second kappa shape index (κ2) is 4.91. The Kier molecular flexibility index (Phi) is 3.43. The molecule has 2 aromatic rings. The third kappa shape index (κ3) is 2.10. The monoisotopic (exact) mass is 324 g/mol. The van der Waals surface area contributed by atoms with E-state index < -0.39 is 0 Å². The van der Waals surface area contributed by atoms with Crippen molar-refractivity contribution in [3.8, 4) is 0 Å². The van der Waals surface area contributed by atoms with Crippen molar-refractivity contribution >= 4 is 37.5 Å². The van der Waals surface area contributed by atoms with Crippen LogP contribution in [0.3, 0.4) is 0 Å². The van der Waals surface area contributed by atoms with Gasteiger partial charge in [0.05, 0.1) is 15.8 Å². The summed E-state index contributed by atoms with van der Waals surface area (Å²) in [5.41, 5.74) is 1.26. The summed E-state index contributed by atoms with van der Waals surface area (Å²) >= 11 is 5.37. The van der Waals surface area contributed by atoms with Crippen LogP contribution in [0.15, 0.2) is 22.7 Å². The Morgan fingerprint density at radius 3 is 3.11 bits per heavy atom. The number of hydrogen-bond donors (Lipinski definition) is 1. The van der Waals surface area contributed by atoms with Gasteiger partial charge in [0.25, 0.3) is 0 Å². The molecule has 0 radical (unpaired) electrons. The first-order valence-corrected chi connectivity index (χ1v) is 8.16. The van der Waals surface area contributed by atoms with Gasteiger partial charge in [-0.05, 0) is 44.0 Å². The Balaban J connectivity index is 2.06. The minimum atomic E-state index is 0.144. The van der Waals surface area contributed by atoms with Crippen LogP contribution in [0.5, 0.6) is 0 Å². The van der Waals surface area contributed by atoms with Gasteiger partial charge in [-0.2, -0.15) is 0 Å². The smallest absolute Gasteiger partial charge is 0.114 e. The molecule has 1 aromatic carbocycles. The first kappa shape index (κ1) is 12.6.